The molecule has 0 amide bonds. The van der Waals surface area contributed by atoms with E-state index in [1.165, 1.54) is 12.1 Å². The monoisotopic (exact) mass is 192 g/mol. The number of carbonyl (C=O) groups excluding carboxylic acids is 1. The minimum Gasteiger partial charge on any atom is -0.464 e. The summed E-state index contributed by atoms with van der Waals surface area (Å²) in [5.74, 6) is -0.877. The molecule has 0 aromatic heterocycles. The van der Waals surface area contributed by atoms with E-state index in [1.54, 1.807) is 19.1 Å². The first-order chi connectivity index (χ1) is 6.65. The Bertz CT molecular complexity index is 328. The van der Waals surface area contributed by atoms with E-state index in [9.17, 15) is 9.18 Å². The fourth-order valence-electron chi connectivity index (χ4n) is 1.07. The van der Waals surface area contributed by atoms with Gasteiger partial charge in [-0.1, -0.05) is 29.7 Å². The first-order valence-corrected chi connectivity index (χ1v) is 4.31. The minimum absolute atomic E-state index is 0.168. The lowest BCUT2D eigenvalue weighted by Crippen LogP contribution is -2.14. The molecule has 1 rings (SSSR count). The van der Waals surface area contributed by atoms with E-state index in [1.807, 2.05) is 0 Å². The summed E-state index contributed by atoms with van der Waals surface area (Å²) in [4.78, 5) is 11.0. The van der Waals surface area contributed by atoms with Crippen molar-refractivity contribution in [3.05, 3.63) is 29.8 Å². The summed E-state index contributed by atoms with van der Waals surface area (Å²) >= 11 is 0. The van der Waals surface area contributed by atoms with Crippen molar-refractivity contribution < 1.29 is 13.9 Å². The molecule has 0 aliphatic rings. The summed E-state index contributed by atoms with van der Waals surface area (Å²) in [6, 6.07) is 6.14. The first-order valence-electron chi connectivity index (χ1n) is 4.31. The van der Waals surface area contributed by atoms with Gasteiger partial charge in [-0.3, -0.25) is 0 Å². The highest BCUT2D eigenvalue weighted by Gasteiger charge is 2.20. The van der Waals surface area contributed by atoms with Crippen LogP contribution in [0.5, 0.6) is 0 Å². The van der Waals surface area contributed by atoms with Crippen molar-refractivity contribution in [3.8, 4) is 0 Å². The maximum Gasteiger partial charge on any atom is 0.345 e. The Morgan fingerprint density at radius 3 is 2.93 bits per heavy atom. The van der Waals surface area contributed by atoms with Crippen LogP contribution in [0.2, 0.25) is 0 Å². The van der Waals surface area contributed by atoms with Gasteiger partial charge in [0, 0.05) is 0 Å². The van der Waals surface area contributed by atoms with E-state index in [0.717, 1.165) is 0 Å². The van der Waals surface area contributed by atoms with E-state index in [-0.39, 0.29) is 12.2 Å². The second kappa shape index (κ2) is 4.79. The van der Waals surface area contributed by atoms with Crippen molar-refractivity contribution in [1.29, 1.82) is 0 Å². The van der Waals surface area contributed by atoms with Gasteiger partial charge in [-0.25, -0.2) is 9.18 Å². The molecule has 0 aliphatic heterocycles. The molecule has 0 bridgehead atoms. The van der Waals surface area contributed by atoms with Crippen LogP contribution in [-0.4, -0.2) is 20.4 Å². The number of hydrogen-bond acceptors (Lipinski definition) is 2. The van der Waals surface area contributed by atoms with Gasteiger partial charge in [-0.15, -0.1) is 0 Å². The van der Waals surface area contributed by atoms with Crippen LogP contribution in [0.3, 0.4) is 0 Å². The van der Waals surface area contributed by atoms with Gasteiger partial charge in [0.15, 0.2) is 0 Å². The molecule has 4 heteroatoms. The highest BCUT2D eigenvalue weighted by molar-refractivity contribution is 6.32. The smallest absolute Gasteiger partial charge is 0.345 e. The van der Waals surface area contributed by atoms with Crippen LogP contribution >= 0.6 is 0 Å². The number of rotatable bonds is 3. The zero-order valence-corrected chi connectivity index (χ0v) is 7.87. The average Bonchev–Trinajstić information content (AvgIpc) is 2.17. The number of halogens is 1. The summed E-state index contributed by atoms with van der Waals surface area (Å²) in [6.45, 7) is 1.80. The highest BCUT2D eigenvalue weighted by atomic mass is 19.1. The molecule has 0 saturated heterocycles. The van der Waals surface area contributed by atoms with Gasteiger partial charge in [0.1, 0.15) is 7.85 Å². The normalized spacial score (nSPS) is 12.1. The molecule has 2 nitrogen and oxygen atoms in total. The van der Waals surface area contributed by atoms with Crippen molar-refractivity contribution in [1.82, 2.24) is 0 Å². The summed E-state index contributed by atoms with van der Waals surface area (Å²) in [5, 5.41) is 0. The number of alkyl halides is 1. The molecular weight excluding hydrogens is 182 g/mol. The maximum absolute atomic E-state index is 13.4. The van der Waals surface area contributed by atoms with Crippen molar-refractivity contribution in [3.63, 3.8) is 0 Å². The molecule has 0 heterocycles. The molecule has 72 valence electrons. The molecule has 2 radical (unpaired) electrons. The van der Waals surface area contributed by atoms with Crippen LogP contribution < -0.4 is 5.46 Å². The largest absolute Gasteiger partial charge is 0.464 e. The SMILES string of the molecule is [B]c1cccc(C(F)C(=O)OCC)c1. The number of benzene rings is 1. The van der Waals surface area contributed by atoms with E-state index >= 15 is 0 Å². The Balaban J connectivity index is 2.78. The third-order valence-electron chi connectivity index (χ3n) is 1.70. The average molecular weight is 192 g/mol. The Kier molecular flexibility index (Phi) is 3.68. The summed E-state index contributed by atoms with van der Waals surface area (Å²) < 4.78 is 17.9. The van der Waals surface area contributed by atoms with Crippen LogP contribution in [0, 0.1) is 0 Å². The Morgan fingerprint density at radius 1 is 1.64 bits per heavy atom. The molecule has 14 heavy (non-hydrogen) atoms. The third kappa shape index (κ3) is 2.59. The summed E-state index contributed by atoms with van der Waals surface area (Å²) in [7, 11) is 5.45. The van der Waals surface area contributed by atoms with Crippen LogP contribution in [-0.2, 0) is 9.53 Å². The van der Waals surface area contributed by atoms with Gasteiger partial charge >= 0.3 is 5.97 Å². The molecular formula is C10H10BFO2. The van der Waals surface area contributed by atoms with E-state index in [0.29, 0.717) is 5.46 Å². The predicted molar refractivity (Wildman–Crippen MR) is 52.3 cm³/mol. The summed E-state index contributed by atoms with van der Waals surface area (Å²) in [5.41, 5.74) is 0.651. The van der Waals surface area contributed by atoms with Crippen LogP contribution in [0.25, 0.3) is 0 Å². The molecule has 1 atom stereocenters. The summed E-state index contributed by atoms with van der Waals surface area (Å²) in [6.07, 6.45) is -1.75. The van der Waals surface area contributed by atoms with Crippen molar-refractivity contribution >= 4 is 19.3 Å². The second-order valence-corrected chi connectivity index (χ2v) is 2.78. The molecule has 0 N–H and O–H groups in total. The molecule has 1 aromatic carbocycles. The first kappa shape index (κ1) is 10.8. The lowest BCUT2D eigenvalue weighted by molar-refractivity contribution is -0.149. The van der Waals surface area contributed by atoms with Crippen molar-refractivity contribution in [2.24, 2.45) is 0 Å². The lowest BCUT2D eigenvalue weighted by Gasteiger charge is -2.08. The van der Waals surface area contributed by atoms with Crippen LogP contribution in [0.1, 0.15) is 18.7 Å². The molecule has 0 saturated carbocycles. The lowest BCUT2D eigenvalue weighted by atomic mass is 9.93. The standard InChI is InChI=1S/C10H10BFO2/c1-2-14-10(13)9(12)7-4-3-5-8(11)6-7/h3-6,9H,2H2,1H3. The topological polar surface area (TPSA) is 26.3 Å². The zero-order chi connectivity index (χ0) is 10.6. The molecule has 0 fully saturated rings. The Labute approximate surface area is 83.5 Å². The van der Waals surface area contributed by atoms with Crippen LogP contribution in [0.4, 0.5) is 4.39 Å². The fraction of sp³-hybridized carbons (Fsp3) is 0.300. The Morgan fingerprint density at radius 2 is 2.36 bits per heavy atom. The zero-order valence-electron chi connectivity index (χ0n) is 7.87. The van der Waals surface area contributed by atoms with Gasteiger partial charge in [0.05, 0.1) is 6.61 Å². The highest BCUT2D eigenvalue weighted by Crippen LogP contribution is 2.17. The molecule has 0 spiro atoms. The number of hydrogen-bond donors (Lipinski definition) is 0. The maximum atomic E-state index is 13.4. The molecule has 1 unspecified atom stereocenters. The minimum atomic E-state index is -1.75. The quantitative estimate of drug-likeness (QED) is 0.528. The van der Waals surface area contributed by atoms with Crippen LogP contribution in [0.15, 0.2) is 24.3 Å². The van der Waals surface area contributed by atoms with Gasteiger partial charge in [0.25, 0.3) is 0 Å². The number of esters is 1. The van der Waals surface area contributed by atoms with Gasteiger partial charge in [-0.05, 0) is 12.5 Å². The third-order valence-corrected chi connectivity index (χ3v) is 1.70. The second-order valence-electron chi connectivity index (χ2n) is 2.78. The van der Waals surface area contributed by atoms with E-state index in [2.05, 4.69) is 4.74 Å². The molecule has 0 aliphatic carbocycles. The number of carbonyl (C=O) groups is 1. The van der Waals surface area contributed by atoms with Crippen molar-refractivity contribution in [2.75, 3.05) is 6.61 Å². The Hall–Kier alpha value is -1.32. The van der Waals surface area contributed by atoms with E-state index in [4.69, 9.17) is 7.85 Å². The van der Waals surface area contributed by atoms with E-state index < -0.39 is 12.1 Å². The predicted octanol–water partition coefficient (Wildman–Crippen LogP) is 1.05. The van der Waals surface area contributed by atoms with Gasteiger partial charge in [-0.2, -0.15) is 0 Å². The van der Waals surface area contributed by atoms with Crippen molar-refractivity contribution in [2.45, 2.75) is 13.1 Å². The number of ether oxygens (including phenoxy) is 1. The fourth-order valence-corrected chi connectivity index (χ4v) is 1.07. The van der Waals surface area contributed by atoms with Gasteiger partial charge in [0.2, 0.25) is 6.17 Å². The molecule has 1 aromatic rings. The van der Waals surface area contributed by atoms with Gasteiger partial charge < -0.3 is 4.74 Å².